The van der Waals surface area contributed by atoms with Crippen LogP contribution in [0.2, 0.25) is 0 Å². The number of carbonyl (C=O) groups is 2. The van der Waals surface area contributed by atoms with E-state index >= 15 is 0 Å². The van der Waals surface area contributed by atoms with E-state index in [1.807, 2.05) is 6.92 Å². The van der Waals surface area contributed by atoms with Gasteiger partial charge in [0.2, 0.25) is 0 Å². The van der Waals surface area contributed by atoms with Crippen LogP contribution in [0.5, 0.6) is 0 Å². The maximum absolute atomic E-state index is 12.1. The minimum absolute atomic E-state index is 0.247. The number of aliphatic carboxylic acids is 1. The number of anilines is 1. The second-order valence-electron chi connectivity index (χ2n) is 4.26. The maximum Gasteiger partial charge on any atom is 0.325 e. The van der Waals surface area contributed by atoms with Gasteiger partial charge in [-0.1, -0.05) is 6.92 Å². The topological polar surface area (TPSA) is 102 Å². The minimum Gasteiger partial charge on any atom is -0.480 e. The van der Waals surface area contributed by atoms with Gasteiger partial charge in [-0.25, -0.2) is 0 Å². The van der Waals surface area contributed by atoms with E-state index in [4.69, 9.17) is 5.11 Å². The molecule has 2 aromatic rings. The lowest BCUT2D eigenvalue weighted by Gasteiger charge is -2.03. The van der Waals surface area contributed by atoms with Gasteiger partial charge in [-0.05, 0) is 6.42 Å². The summed E-state index contributed by atoms with van der Waals surface area (Å²) in [5.41, 5.74) is 1.78. The van der Waals surface area contributed by atoms with E-state index in [2.05, 4.69) is 15.5 Å². The van der Waals surface area contributed by atoms with E-state index in [1.54, 1.807) is 11.7 Å². The van der Waals surface area contributed by atoms with Crippen molar-refractivity contribution in [2.75, 3.05) is 5.32 Å². The van der Waals surface area contributed by atoms with Gasteiger partial charge >= 0.3 is 5.97 Å². The molecule has 20 heavy (non-hydrogen) atoms. The molecule has 8 heteroatoms. The summed E-state index contributed by atoms with van der Waals surface area (Å²) in [6.45, 7) is 1.70. The molecular formula is C12H15N5O3. The molecule has 0 radical (unpaired) electrons. The highest BCUT2D eigenvalue weighted by molar-refractivity contribution is 6.04. The van der Waals surface area contributed by atoms with Gasteiger partial charge in [0.1, 0.15) is 6.54 Å². The molecule has 0 bridgehead atoms. The fourth-order valence-corrected chi connectivity index (χ4v) is 1.92. The Kier molecular flexibility index (Phi) is 3.83. The highest BCUT2D eigenvalue weighted by Gasteiger charge is 2.15. The average Bonchev–Trinajstić information content (AvgIpc) is 2.95. The van der Waals surface area contributed by atoms with Crippen LogP contribution in [0.15, 0.2) is 18.6 Å². The van der Waals surface area contributed by atoms with Crippen molar-refractivity contribution in [1.82, 2.24) is 19.6 Å². The molecule has 0 aliphatic rings. The first-order valence-electron chi connectivity index (χ1n) is 6.07. The molecule has 0 saturated carbocycles. The Labute approximate surface area is 115 Å². The number of aromatic nitrogens is 4. The van der Waals surface area contributed by atoms with E-state index in [1.165, 1.54) is 23.3 Å². The van der Waals surface area contributed by atoms with Crippen LogP contribution in [-0.4, -0.2) is 36.5 Å². The van der Waals surface area contributed by atoms with Gasteiger partial charge < -0.3 is 10.4 Å². The van der Waals surface area contributed by atoms with E-state index in [0.29, 0.717) is 17.7 Å². The molecule has 0 aromatic carbocycles. The molecule has 0 saturated heterocycles. The standard InChI is InChI=1S/C12H15N5O3/c1-3-10-9(5-13-16(10)2)12(20)15-8-4-14-17(6-8)7-11(18)19/h4-6H,3,7H2,1-2H3,(H,15,20)(H,18,19). The summed E-state index contributed by atoms with van der Waals surface area (Å²) in [4.78, 5) is 22.7. The Morgan fingerprint density at radius 2 is 2.10 bits per heavy atom. The highest BCUT2D eigenvalue weighted by atomic mass is 16.4. The molecule has 1 amide bonds. The first kappa shape index (κ1) is 13.8. The fraction of sp³-hybridized carbons (Fsp3) is 0.333. The predicted molar refractivity (Wildman–Crippen MR) is 70.4 cm³/mol. The number of carbonyl (C=O) groups excluding carboxylic acids is 1. The Balaban J connectivity index is 2.11. The molecule has 8 nitrogen and oxygen atoms in total. The predicted octanol–water partition coefficient (Wildman–Crippen LogP) is 0.516. The molecule has 2 N–H and O–H groups in total. The largest absolute Gasteiger partial charge is 0.480 e. The number of amides is 1. The summed E-state index contributed by atoms with van der Waals surface area (Å²) < 4.78 is 2.89. The molecule has 0 aliphatic heterocycles. The van der Waals surface area contributed by atoms with Gasteiger partial charge in [-0.2, -0.15) is 10.2 Å². The molecule has 2 aromatic heterocycles. The van der Waals surface area contributed by atoms with Crippen LogP contribution < -0.4 is 5.32 Å². The van der Waals surface area contributed by atoms with E-state index in [0.717, 1.165) is 5.69 Å². The van der Waals surface area contributed by atoms with Gasteiger partial charge in [0.05, 0.1) is 29.3 Å². The number of aryl methyl sites for hydroxylation is 1. The highest BCUT2D eigenvalue weighted by Crippen LogP contribution is 2.12. The quantitative estimate of drug-likeness (QED) is 0.829. The summed E-state index contributed by atoms with van der Waals surface area (Å²) in [5.74, 6) is -1.28. The zero-order valence-electron chi connectivity index (χ0n) is 11.2. The number of carboxylic acid groups (broad SMARTS) is 1. The lowest BCUT2D eigenvalue weighted by molar-refractivity contribution is -0.137. The summed E-state index contributed by atoms with van der Waals surface area (Å²) in [6, 6.07) is 0. The third-order valence-corrected chi connectivity index (χ3v) is 2.83. The molecule has 0 unspecified atom stereocenters. The van der Waals surface area contributed by atoms with Gasteiger partial charge in [-0.15, -0.1) is 0 Å². The smallest absolute Gasteiger partial charge is 0.325 e. The summed E-state index contributed by atoms with van der Waals surface area (Å²) in [6.07, 6.45) is 5.07. The normalized spacial score (nSPS) is 10.5. The Morgan fingerprint density at radius 1 is 1.35 bits per heavy atom. The van der Waals surface area contributed by atoms with Gasteiger partial charge in [0.15, 0.2) is 0 Å². The second-order valence-corrected chi connectivity index (χ2v) is 4.26. The number of nitrogens with one attached hydrogen (secondary N) is 1. The van der Waals surface area contributed by atoms with Crippen LogP contribution in [0, 0.1) is 0 Å². The van der Waals surface area contributed by atoms with Crippen LogP contribution in [0.3, 0.4) is 0 Å². The number of rotatable bonds is 5. The summed E-state index contributed by atoms with van der Waals surface area (Å²) >= 11 is 0. The van der Waals surface area contributed by atoms with Crippen molar-refractivity contribution in [2.24, 2.45) is 7.05 Å². The minimum atomic E-state index is -0.994. The second kappa shape index (κ2) is 5.55. The lowest BCUT2D eigenvalue weighted by Crippen LogP contribution is -2.14. The Hall–Kier alpha value is -2.64. The third kappa shape index (κ3) is 2.85. The Bertz CT molecular complexity index is 643. The zero-order chi connectivity index (χ0) is 14.7. The van der Waals surface area contributed by atoms with Crippen molar-refractivity contribution in [3.05, 3.63) is 29.8 Å². The van der Waals surface area contributed by atoms with Crippen LogP contribution in [0.4, 0.5) is 5.69 Å². The summed E-state index contributed by atoms with van der Waals surface area (Å²) in [5, 5.41) is 19.2. The molecule has 106 valence electrons. The lowest BCUT2D eigenvalue weighted by atomic mass is 10.2. The van der Waals surface area contributed by atoms with Crippen LogP contribution in [0.1, 0.15) is 23.0 Å². The maximum atomic E-state index is 12.1. The number of hydrogen-bond donors (Lipinski definition) is 2. The zero-order valence-corrected chi connectivity index (χ0v) is 11.2. The molecule has 0 aliphatic carbocycles. The van der Waals surface area contributed by atoms with Gasteiger partial charge in [-0.3, -0.25) is 19.0 Å². The third-order valence-electron chi connectivity index (χ3n) is 2.83. The molecule has 2 rings (SSSR count). The molecule has 2 heterocycles. The van der Waals surface area contributed by atoms with E-state index in [-0.39, 0.29) is 12.5 Å². The van der Waals surface area contributed by atoms with E-state index in [9.17, 15) is 9.59 Å². The van der Waals surface area contributed by atoms with Crippen molar-refractivity contribution in [1.29, 1.82) is 0 Å². The van der Waals surface area contributed by atoms with E-state index < -0.39 is 5.97 Å². The fourth-order valence-electron chi connectivity index (χ4n) is 1.92. The first-order chi connectivity index (χ1) is 9.51. The molecule has 0 fully saturated rings. The van der Waals surface area contributed by atoms with Gasteiger partial charge in [0.25, 0.3) is 5.91 Å². The van der Waals surface area contributed by atoms with Crippen molar-refractivity contribution in [2.45, 2.75) is 19.9 Å². The number of hydrogen-bond acceptors (Lipinski definition) is 4. The first-order valence-corrected chi connectivity index (χ1v) is 6.07. The van der Waals surface area contributed by atoms with Crippen molar-refractivity contribution in [3.8, 4) is 0 Å². The van der Waals surface area contributed by atoms with Crippen LogP contribution in [0.25, 0.3) is 0 Å². The monoisotopic (exact) mass is 277 g/mol. The van der Waals surface area contributed by atoms with Gasteiger partial charge in [0, 0.05) is 13.2 Å². The average molecular weight is 277 g/mol. The van der Waals surface area contributed by atoms with Crippen molar-refractivity contribution in [3.63, 3.8) is 0 Å². The molecule has 0 atom stereocenters. The van der Waals surface area contributed by atoms with Crippen molar-refractivity contribution < 1.29 is 14.7 Å². The number of carboxylic acids is 1. The van der Waals surface area contributed by atoms with Crippen LogP contribution >= 0.6 is 0 Å². The van der Waals surface area contributed by atoms with Crippen LogP contribution in [-0.2, 0) is 24.8 Å². The molecular weight excluding hydrogens is 262 g/mol. The Morgan fingerprint density at radius 3 is 2.75 bits per heavy atom. The molecule has 0 spiro atoms. The van der Waals surface area contributed by atoms with Crippen molar-refractivity contribution >= 4 is 17.6 Å². The summed E-state index contributed by atoms with van der Waals surface area (Å²) in [7, 11) is 1.78. The SMILES string of the molecule is CCc1c(C(=O)Nc2cnn(CC(=O)O)c2)cnn1C. The number of nitrogens with zero attached hydrogens (tertiary/aromatic N) is 4.